The van der Waals surface area contributed by atoms with Crippen LogP contribution in [0, 0.1) is 5.92 Å². The second-order valence-electron chi connectivity index (χ2n) is 10.1. The van der Waals surface area contributed by atoms with Gasteiger partial charge in [0.1, 0.15) is 17.2 Å². The van der Waals surface area contributed by atoms with Gasteiger partial charge in [-0.25, -0.2) is 4.79 Å². The van der Waals surface area contributed by atoms with Crippen molar-refractivity contribution in [2.24, 2.45) is 5.92 Å². The Bertz CT molecular complexity index is 1080. The first kappa shape index (κ1) is 29.3. The van der Waals surface area contributed by atoms with E-state index in [4.69, 9.17) is 14.2 Å². The first-order valence-electron chi connectivity index (χ1n) is 14.4. The standard InChI is InChI=1S/C34H44O4/c1-4-6-8-12-24-36-29-18-20-30(21-19-29)38-34(35)33-26-31(37-25-13-15-27(3)14-7-5-2)22-23-32(33)28-16-10-9-11-17-28/h9-11,16-23,26-27H,4-8,12-15,24-25H2,1-3H3/t27-/m0/s1. The fraction of sp³-hybridized carbons (Fsp3) is 0.441. The maximum Gasteiger partial charge on any atom is 0.344 e. The molecule has 1 atom stereocenters. The van der Waals surface area contributed by atoms with Crippen molar-refractivity contribution in [3.8, 4) is 28.4 Å². The lowest BCUT2D eigenvalue weighted by Crippen LogP contribution is -2.11. The third kappa shape index (κ3) is 9.89. The molecular formula is C34H44O4. The molecule has 0 aliphatic rings. The number of carbonyl (C=O) groups excluding carboxylic acids is 1. The Morgan fingerprint density at radius 2 is 1.32 bits per heavy atom. The predicted molar refractivity (Wildman–Crippen MR) is 156 cm³/mol. The van der Waals surface area contributed by atoms with Crippen LogP contribution in [-0.2, 0) is 0 Å². The Labute approximate surface area is 229 Å². The van der Waals surface area contributed by atoms with E-state index in [1.165, 1.54) is 38.5 Å². The van der Waals surface area contributed by atoms with Gasteiger partial charge in [0.2, 0.25) is 0 Å². The van der Waals surface area contributed by atoms with E-state index >= 15 is 0 Å². The van der Waals surface area contributed by atoms with E-state index in [9.17, 15) is 4.79 Å². The van der Waals surface area contributed by atoms with E-state index in [-0.39, 0.29) is 0 Å². The monoisotopic (exact) mass is 516 g/mol. The molecule has 0 aromatic heterocycles. The normalized spacial score (nSPS) is 11.7. The molecule has 3 aromatic carbocycles. The van der Waals surface area contributed by atoms with Gasteiger partial charge in [-0.3, -0.25) is 0 Å². The van der Waals surface area contributed by atoms with Crippen molar-refractivity contribution < 1.29 is 19.0 Å². The quantitative estimate of drug-likeness (QED) is 0.102. The lowest BCUT2D eigenvalue weighted by Gasteiger charge is -2.14. The van der Waals surface area contributed by atoms with Gasteiger partial charge in [0.25, 0.3) is 0 Å². The summed E-state index contributed by atoms with van der Waals surface area (Å²) in [4.78, 5) is 13.3. The van der Waals surface area contributed by atoms with E-state index in [1.54, 1.807) is 18.2 Å². The highest BCUT2D eigenvalue weighted by Crippen LogP contribution is 2.29. The molecule has 3 aromatic rings. The SMILES string of the molecule is CCCCCCOc1ccc(OC(=O)c2cc(OCCC[C@@H](C)CCCC)ccc2-c2ccccc2)cc1. The van der Waals surface area contributed by atoms with Gasteiger partial charge in [-0.2, -0.15) is 0 Å². The Morgan fingerprint density at radius 1 is 0.684 bits per heavy atom. The maximum atomic E-state index is 13.3. The van der Waals surface area contributed by atoms with Crippen molar-refractivity contribution in [1.82, 2.24) is 0 Å². The van der Waals surface area contributed by atoms with E-state index in [1.807, 2.05) is 54.6 Å². The van der Waals surface area contributed by atoms with Gasteiger partial charge >= 0.3 is 5.97 Å². The maximum absolute atomic E-state index is 13.3. The Morgan fingerprint density at radius 3 is 2.05 bits per heavy atom. The van der Waals surface area contributed by atoms with Gasteiger partial charge in [-0.1, -0.05) is 89.6 Å². The molecule has 4 nitrogen and oxygen atoms in total. The van der Waals surface area contributed by atoms with Crippen molar-refractivity contribution in [3.05, 3.63) is 78.4 Å². The number of carbonyl (C=O) groups is 1. The molecule has 3 rings (SSSR count). The molecule has 0 saturated carbocycles. The van der Waals surface area contributed by atoms with Crippen molar-refractivity contribution >= 4 is 5.97 Å². The summed E-state index contributed by atoms with van der Waals surface area (Å²) in [5.41, 5.74) is 2.27. The highest BCUT2D eigenvalue weighted by atomic mass is 16.5. The number of esters is 1. The van der Waals surface area contributed by atoms with Gasteiger partial charge in [-0.05, 0) is 78.8 Å². The molecule has 0 N–H and O–H groups in total. The minimum absolute atomic E-state index is 0.407. The van der Waals surface area contributed by atoms with Crippen molar-refractivity contribution in [3.63, 3.8) is 0 Å². The molecular weight excluding hydrogens is 472 g/mol. The molecule has 0 amide bonds. The zero-order valence-electron chi connectivity index (χ0n) is 23.4. The summed E-state index contributed by atoms with van der Waals surface area (Å²) in [5.74, 6) is 2.26. The van der Waals surface area contributed by atoms with Gasteiger partial charge < -0.3 is 14.2 Å². The van der Waals surface area contributed by atoms with Gasteiger partial charge in [-0.15, -0.1) is 0 Å². The third-order valence-corrected chi connectivity index (χ3v) is 6.76. The van der Waals surface area contributed by atoms with Gasteiger partial charge in [0.05, 0.1) is 18.8 Å². The number of benzene rings is 3. The van der Waals surface area contributed by atoms with E-state index in [0.29, 0.717) is 36.2 Å². The second kappa shape index (κ2) is 16.5. The topological polar surface area (TPSA) is 44.8 Å². The molecule has 0 unspecified atom stereocenters. The number of ether oxygens (including phenoxy) is 3. The highest BCUT2D eigenvalue weighted by Gasteiger charge is 2.17. The predicted octanol–water partition coefficient (Wildman–Crippen LogP) is 9.52. The molecule has 0 aliphatic carbocycles. The van der Waals surface area contributed by atoms with E-state index < -0.39 is 5.97 Å². The van der Waals surface area contributed by atoms with Crippen molar-refractivity contribution in [2.75, 3.05) is 13.2 Å². The molecule has 0 fully saturated rings. The summed E-state index contributed by atoms with van der Waals surface area (Å²) in [6.07, 6.45) is 10.6. The zero-order chi connectivity index (χ0) is 27.0. The molecule has 204 valence electrons. The summed E-state index contributed by atoms with van der Waals surface area (Å²) < 4.78 is 17.6. The van der Waals surface area contributed by atoms with Gasteiger partial charge in [0, 0.05) is 0 Å². The zero-order valence-corrected chi connectivity index (χ0v) is 23.4. The molecule has 4 heteroatoms. The number of hydrogen-bond acceptors (Lipinski definition) is 4. The number of hydrogen-bond donors (Lipinski definition) is 0. The molecule has 0 spiro atoms. The molecule has 0 bridgehead atoms. The van der Waals surface area contributed by atoms with Crippen molar-refractivity contribution in [2.45, 2.75) is 78.6 Å². The smallest absolute Gasteiger partial charge is 0.344 e. The molecule has 0 radical (unpaired) electrons. The second-order valence-corrected chi connectivity index (χ2v) is 10.1. The fourth-order valence-electron chi connectivity index (χ4n) is 4.45. The Balaban J connectivity index is 1.65. The lowest BCUT2D eigenvalue weighted by atomic mass is 9.99. The summed E-state index contributed by atoms with van der Waals surface area (Å²) in [5, 5.41) is 0. The number of rotatable bonds is 17. The minimum atomic E-state index is -0.407. The van der Waals surface area contributed by atoms with E-state index in [0.717, 1.165) is 36.1 Å². The minimum Gasteiger partial charge on any atom is -0.494 e. The molecule has 0 heterocycles. The van der Waals surface area contributed by atoms with Crippen LogP contribution in [0.2, 0.25) is 0 Å². The van der Waals surface area contributed by atoms with E-state index in [2.05, 4.69) is 20.8 Å². The van der Waals surface area contributed by atoms with Gasteiger partial charge in [0.15, 0.2) is 0 Å². The van der Waals surface area contributed by atoms with Crippen LogP contribution in [0.1, 0.15) is 88.9 Å². The summed E-state index contributed by atoms with van der Waals surface area (Å²) in [7, 11) is 0. The van der Waals surface area contributed by atoms with Crippen LogP contribution in [0.15, 0.2) is 72.8 Å². The van der Waals surface area contributed by atoms with Crippen LogP contribution >= 0.6 is 0 Å². The molecule has 38 heavy (non-hydrogen) atoms. The van der Waals surface area contributed by atoms with Crippen LogP contribution in [0.5, 0.6) is 17.2 Å². The lowest BCUT2D eigenvalue weighted by molar-refractivity contribution is 0.0735. The molecule has 0 saturated heterocycles. The fourth-order valence-corrected chi connectivity index (χ4v) is 4.45. The Kier molecular flexibility index (Phi) is 12.8. The third-order valence-electron chi connectivity index (χ3n) is 6.76. The largest absolute Gasteiger partial charge is 0.494 e. The van der Waals surface area contributed by atoms with Crippen molar-refractivity contribution in [1.29, 1.82) is 0 Å². The Hall–Kier alpha value is -3.27. The average molecular weight is 517 g/mol. The summed E-state index contributed by atoms with van der Waals surface area (Å²) >= 11 is 0. The van der Waals surface area contributed by atoms with Crippen LogP contribution < -0.4 is 14.2 Å². The van der Waals surface area contributed by atoms with Crippen LogP contribution in [0.3, 0.4) is 0 Å². The first-order chi connectivity index (χ1) is 18.6. The van der Waals surface area contributed by atoms with Crippen LogP contribution in [-0.4, -0.2) is 19.2 Å². The summed E-state index contributed by atoms with van der Waals surface area (Å²) in [6.45, 7) is 8.07. The van der Waals surface area contributed by atoms with Crippen LogP contribution in [0.25, 0.3) is 11.1 Å². The average Bonchev–Trinajstić information content (AvgIpc) is 2.95. The summed E-state index contributed by atoms with van der Waals surface area (Å²) in [6, 6.07) is 22.8. The van der Waals surface area contributed by atoms with Crippen LogP contribution in [0.4, 0.5) is 0 Å². The highest BCUT2D eigenvalue weighted by molar-refractivity contribution is 5.99. The number of unbranched alkanes of at least 4 members (excludes halogenated alkanes) is 4. The first-order valence-corrected chi connectivity index (χ1v) is 14.4. The molecule has 0 aliphatic heterocycles.